The monoisotopic (exact) mass is 201 g/mol. The number of hydrogen-bond donors (Lipinski definition) is 1. The summed E-state index contributed by atoms with van der Waals surface area (Å²) in [7, 11) is 0. The number of rotatable bonds is 2. The molecule has 1 aliphatic carbocycles. The van der Waals surface area contributed by atoms with Crippen LogP contribution < -0.4 is 10.7 Å². The summed E-state index contributed by atoms with van der Waals surface area (Å²) in [5.74, 6) is 0. The molecule has 78 valence electrons. The largest absolute Gasteiger partial charge is 0.321 e. The Bertz CT molecular complexity index is 407. The molecule has 1 fully saturated rings. The van der Waals surface area contributed by atoms with Crippen LogP contribution in [-0.4, -0.2) is 12.8 Å². The van der Waals surface area contributed by atoms with Crippen LogP contribution in [-0.2, 0) is 5.54 Å². The van der Waals surface area contributed by atoms with E-state index in [1.807, 2.05) is 11.2 Å². The highest BCUT2D eigenvalue weighted by Gasteiger charge is 2.40. The van der Waals surface area contributed by atoms with Crippen LogP contribution in [0.4, 0.5) is 5.69 Å². The van der Waals surface area contributed by atoms with Crippen molar-refractivity contribution in [2.45, 2.75) is 24.8 Å². The molecule has 1 aromatic carbocycles. The zero-order chi connectivity index (χ0) is 10.3. The first kappa shape index (κ1) is 8.92. The summed E-state index contributed by atoms with van der Waals surface area (Å²) in [5, 5.41) is 6.35. The molecular weight excluding hydrogens is 186 g/mol. The lowest BCUT2D eigenvalue weighted by Crippen LogP contribution is -2.19. The van der Waals surface area contributed by atoms with Crippen LogP contribution in [0.3, 0.4) is 0 Å². The Labute approximate surface area is 89.6 Å². The normalized spacial score (nSPS) is 22.1. The van der Waals surface area contributed by atoms with Crippen molar-refractivity contribution in [2.75, 3.05) is 11.6 Å². The predicted octanol–water partition coefficient (Wildman–Crippen LogP) is 1.83. The molecule has 2 aliphatic rings. The molecule has 3 nitrogen and oxygen atoms in total. The van der Waals surface area contributed by atoms with Gasteiger partial charge in [0.15, 0.2) is 0 Å². The van der Waals surface area contributed by atoms with E-state index in [9.17, 15) is 0 Å². The Hall–Kier alpha value is -1.35. The second-order valence-corrected chi connectivity index (χ2v) is 4.42. The van der Waals surface area contributed by atoms with Crippen molar-refractivity contribution in [3.8, 4) is 0 Å². The number of nitrogens with zero attached hydrogens (tertiary/aromatic N) is 2. The number of hydrogen-bond acceptors (Lipinski definition) is 3. The van der Waals surface area contributed by atoms with Gasteiger partial charge in [-0.3, -0.25) is 5.01 Å². The third-order valence-electron chi connectivity index (χ3n) is 3.20. The lowest BCUT2D eigenvalue weighted by molar-refractivity contribution is 0.739. The van der Waals surface area contributed by atoms with Gasteiger partial charge in [-0.05, 0) is 30.5 Å². The maximum Gasteiger partial charge on any atom is 0.0597 e. The molecule has 1 saturated carbocycles. The molecule has 0 atom stereocenters. The van der Waals surface area contributed by atoms with Crippen molar-refractivity contribution >= 4 is 11.9 Å². The molecule has 1 aliphatic heterocycles. The number of nitrogens with two attached hydrogens (primary N) is 1. The third kappa shape index (κ3) is 1.53. The van der Waals surface area contributed by atoms with Crippen molar-refractivity contribution in [1.82, 2.24) is 0 Å². The van der Waals surface area contributed by atoms with Gasteiger partial charge >= 0.3 is 0 Å². The molecule has 1 heterocycles. The molecular formula is C12H15N3. The summed E-state index contributed by atoms with van der Waals surface area (Å²) in [6.45, 7) is 0.987. The van der Waals surface area contributed by atoms with Crippen LogP contribution in [0.5, 0.6) is 0 Å². The highest BCUT2D eigenvalue weighted by atomic mass is 15.5. The van der Waals surface area contributed by atoms with E-state index in [0.29, 0.717) is 0 Å². The first-order valence-electron chi connectivity index (χ1n) is 5.47. The fraction of sp³-hybridized carbons (Fsp3) is 0.417. The first-order valence-corrected chi connectivity index (χ1v) is 5.47. The van der Waals surface area contributed by atoms with Gasteiger partial charge in [-0.2, -0.15) is 5.10 Å². The average molecular weight is 201 g/mol. The highest BCUT2D eigenvalue weighted by molar-refractivity contribution is 5.65. The smallest absolute Gasteiger partial charge is 0.0597 e. The van der Waals surface area contributed by atoms with E-state index in [1.165, 1.54) is 5.56 Å². The molecule has 2 N–H and O–H groups in total. The molecule has 3 rings (SSSR count). The van der Waals surface area contributed by atoms with Crippen LogP contribution in [0, 0.1) is 0 Å². The van der Waals surface area contributed by atoms with E-state index < -0.39 is 0 Å². The molecule has 0 saturated heterocycles. The van der Waals surface area contributed by atoms with Crippen LogP contribution in [0.25, 0.3) is 0 Å². The molecule has 0 unspecified atom stereocenters. The molecule has 15 heavy (non-hydrogen) atoms. The fourth-order valence-electron chi connectivity index (χ4n) is 1.99. The van der Waals surface area contributed by atoms with Crippen molar-refractivity contribution in [1.29, 1.82) is 0 Å². The summed E-state index contributed by atoms with van der Waals surface area (Å²) in [4.78, 5) is 0. The Morgan fingerprint density at radius 3 is 2.87 bits per heavy atom. The van der Waals surface area contributed by atoms with Crippen LogP contribution in [0.15, 0.2) is 29.4 Å². The van der Waals surface area contributed by atoms with Gasteiger partial charge in [0.2, 0.25) is 0 Å². The highest BCUT2D eigenvalue weighted by Crippen LogP contribution is 2.43. The molecule has 3 heteroatoms. The molecule has 0 aromatic heterocycles. The second-order valence-electron chi connectivity index (χ2n) is 4.42. The number of benzene rings is 1. The quantitative estimate of drug-likeness (QED) is 0.793. The third-order valence-corrected chi connectivity index (χ3v) is 3.20. The van der Waals surface area contributed by atoms with E-state index in [2.05, 4.69) is 29.4 Å². The van der Waals surface area contributed by atoms with Gasteiger partial charge in [0, 0.05) is 24.7 Å². The molecule has 1 aromatic rings. The first-order chi connectivity index (χ1) is 7.28. The van der Waals surface area contributed by atoms with Gasteiger partial charge in [0.05, 0.1) is 5.69 Å². The van der Waals surface area contributed by atoms with E-state index in [4.69, 9.17) is 5.73 Å². The van der Waals surface area contributed by atoms with Gasteiger partial charge in [-0.1, -0.05) is 12.1 Å². The van der Waals surface area contributed by atoms with Gasteiger partial charge in [0.1, 0.15) is 0 Å². The molecule has 0 bridgehead atoms. The van der Waals surface area contributed by atoms with Crippen molar-refractivity contribution < 1.29 is 0 Å². The van der Waals surface area contributed by atoms with Gasteiger partial charge in [-0.25, -0.2) is 0 Å². The molecule has 0 radical (unpaired) electrons. The van der Waals surface area contributed by atoms with E-state index in [1.54, 1.807) is 0 Å². The lowest BCUT2D eigenvalue weighted by atomic mass is 10.1. The van der Waals surface area contributed by atoms with E-state index in [0.717, 1.165) is 31.5 Å². The van der Waals surface area contributed by atoms with Crippen molar-refractivity contribution in [2.24, 2.45) is 10.8 Å². The summed E-state index contributed by atoms with van der Waals surface area (Å²) in [6, 6.07) is 8.47. The average Bonchev–Trinajstić information content (AvgIpc) is 2.84. The fourth-order valence-corrected chi connectivity index (χ4v) is 1.99. The standard InChI is InChI=1S/C12H15N3/c13-12(5-6-12)10-3-1-4-11(9-10)15-8-2-7-14-15/h1,3-4,7,9H,2,5-6,8,13H2. The summed E-state index contributed by atoms with van der Waals surface area (Å²) in [6.07, 6.45) is 5.22. The lowest BCUT2D eigenvalue weighted by Gasteiger charge is -2.16. The summed E-state index contributed by atoms with van der Waals surface area (Å²) in [5.41, 5.74) is 8.55. The number of anilines is 1. The molecule has 0 spiro atoms. The van der Waals surface area contributed by atoms with Crippen LogP contribution >= 0.6 is 0 Å². The Kier molecular flexibility index (Phi) is 1.83. The number of hydrazone groups is 1. The zero-order valence-electron chi connectivity index (χ0n) is 8.69. The van der Waals surface area contributed by atoms with Crippen molar-refractivity contribution in [3.63, 3.8) is 0 Å². The topological polar surface area (TPSA) is 41.6 Å². The minimum atomic E-state index is -0.0422. The van der Waals surface area contributed by atoms with E-state index >= 15 is 0 Å². The summed E-state index contributed by atoms with van der Waals surface area (Å²) < 4.78 is 0. The predicted molar refractivity (Wildman–Crippen MR) is 62.0 cm³/mol. The minimum absolute atomic E-state index is 0.0422. The Morgan fingerprint density at radius 1 is 1.33 bits per heavy atom. The zero-order valence-corrected chi connectivity index (χ0v) is 8.69. The van der Waals surface area contributed by atoms with Gasteiger partial charge in [-0.15, -0.1) is 0 Å². The SMILES string of the molecule is NC1(c2cccc(N3CCC=N3)c2)CC1. The maximum atomic E-state index is 6.18. The van der Waals surface area contributed by atoms with Crippen molar-refractivity contribution in [3.05, 3.63) is 29.8 Å². The van der Waals surface area contributed by atoms with Crippen LogP contribution in [0.1, 0.15) is 24.8 Å². The van der Waals surface area contributed by atoms with Crippen LogP contribution in [0.2, 0.25) is 0 Å². The Morgan fingerprint density at radius 2 is 2.20 bits per heavy atom. The molecule has 0 amide bonds. The maximum absolute atomic E-state index is 6.18. The Balaban J connectivity index is 1.92. The second kappa shape index (κ2) is 3.07. The van der Waals surface area contributed by atoms with Gasteiger partial charge in [0.25, 0.3) is 0 Å². The minimum Gasteiger partial charge on any atom is -0.321 e. The van der Waals surface area contributed by atoms with E-state index in [-0.39, 0.29) is 5.54 Å². The summed E-state index contributed by atoms with van der Waals surface area (Å²) >= 11 is 0. The van der Waals surface area contributed by atoms with Gasteiger partial charge < -0.3 is 5.73 Å².